The van der Waals surface area contributed by atoms with Crippen molar-refractivity contribution in [1.82, 2.24) is 9.97 Å². The van der Waals surface area contributed by atoms with E-state index in [1.54, 1.807) is 6.92 Å². The number of aromatic nitrogens is 2. The fourth-order valence-electron chi connectivity index (χ4n) is 3.96. The molecule has 3 rings (SSSR count). The molecule has 2 aromatic rings. The molecular formula is C25H32N4O2. The van der Waals surface area contributed by atoms with Crippen LogP contribution in [-0.2, 0) is 4.74 Å². The van der Waals surface area contributed by atoms with Gasteiger partial charge in [-0.1, -0.05) is 13.8 Å². The zero-order valence-electron chi connectivity index (χ0n) is 19.8. The van der Waals surface area contributed by atoms with Crippen LogP contribution in [0.1, 0.15) is 72.6 Å². The van der Waals surface area contributed by atoms with E-state index < -0.39 is 5.54 Å². The lowest BCUT2D eigenvalue weighted by Crippen LogP contribution is -2.34. The number of nitriles is 1. The Morgan fingerprint density at radius 3 is 2.23 bits per heavy atom. The van der Waals surface area contributed by atoms with E-state index in [1.807, 2.05) is 26.8 Å². The third-order valence-electron chi connectivity index (χ3n) is 6.85. The van der Waals surface area contributed by atoms with Gasteiger partial charge in [0.1, 0.15) is 11.2 Å². The molecule has 2 N–H and O–H groups in total. The molecular weight excluding hydrogens is 388 g/mol. The standard InChI is InChI=1S/C25H32N4O2/c1-9-31-23(30)22-17(5)16(4)21(28-22)11-20-15(3)14(2)19(27-20)10-18-12-24(6,7)25(8,13-26)29-18/h10-11,27-28H,9,12H2,1-8H3/b19-10+,20-11+/t25-/m0/s1. The van der Waals surface area contributed by atoms with E-state index in [0.717, 1.165) is 50.8 Å². The van der Waals surface area contributed by atoms with E-state index >= 15 is 0 Å². The lowest BCUT2D eigenvalue weighted by Gasteiger charge is -2.29. The van der Waals surface area contributed by atoms with Gasteiger partial charge in [-0.15, -0.1) is 0 Å². The summed E-state index contributed by atoms with van der Waals surface area (Å²) < 4.78 is 5.16. The van der Waals surface area contributed by atoms with Crippen molar-refractivity contribution in [3.05, 3.63) is 44.3 Å². The number of nitrogens with one attached hydrogen (secondary N) is 2. The van der Waals surface area contributed by atoms with Gasteiger partial charge in [-0.25, -0.2) is 4.79 Å². The minimum Gasteiger partial charge on any atom is -0.461 e. The minimum absolute atomic E-state index is 0.208. The average Bonchev–Trinajstić information content (AvgIpc) is 3.22. The molecule has 0 aromatic carbocycles. The lowest BCUT2D eigenvalue weighted by atomic mass is 9.74. The largest absolute Gasteiger partial charge is 0.461 e. The maximum absolute atomic E-state index is 12.2. The van der Waals surface area contributed by atoms with Crippen LogP contribution in [0.4, 0.5) is 0 Å². The number of rotatable bonds is 4. The zero-order chi connectivity index (χ0) is 23.1. The smallest absolute Gasteiger partial charge is 0.355 e. The highest BCUT2D eigenvalue weighted by molar-refractivity contribution is 6.12. The summed E-state index contributed by atoms with van der Waals surface area (Å²) in [5.74, 6) is -0.335. The summed E-state index contributed by atoms with van der Waals surface area (Å²) in [4.78, 5) is 23.7. The second-order valence-corrected chi connectivity index (χ2v) is 9.22. The first-order valence-electron chi connectivity index (χ1n) is 10.7. The third-order valence-corrected chi connectivity index (χ3v) is 6.85. The Kier molecular flexibility index (Phi) is 5.75. The number of hydrogen-bond donors (Lipinski definition) is 2. The predicted octanol–water partition coefficient (Wildman–Crippen LogP) is 3.52. The molecule has 31 heavy (non-hydrogen) atoms. The summed E-state index contributed by atoms with van der Waals surface area (Å²) in [5.41, 5.74) is 5.58. The molecule has 6 nitrogen and oxygen atoms in total. The zero-order valence-corrected chi connectivity index (χ0v) is 19.8. The van der Waals surface area contributed by atoms with E-state index in [-0.39, 0.29) is 11.4 Å². The Morgan fingerprint density at radius 2 is 1.68 bits per heavy atom. The lowest BCUT2D eigenvalue weighted by molar-refractivity contribution is 0.0519. The Bertz CT molecular complexity index is 1230. The molecule has 1 aliphatic rings. The van der Waals surface area contributed by atoms with Crippen molar-refractivity contribution in [2.24, 2.45) is 10.4 Å². The van der Waals surface area contributed by atoms with Crippen molar-refractivity contribution in [3.8, 4) is 6.07 Å². The van der Waals surface area contributed by atoms with Gasteiger partial charge in [0.05, 0.1) is 12.7 Å². The Balaban J connectivity index is 2.07. The number of aromatic amines is 2. The Hall–Kier alpha value is -3.07. The molecule has 3 heterocycles. The number of nitrogens with zero attached hydrogens (tertiary/aromatic N) is 2. The number of aliphatic imine (C=N–C) groups is 1. The normalized spacial score (nSPS) is 21.3. The topological polar surface area (TPSA) is 94.0 Å². The van der Waals surface area contributed by atoms with Crippen LogP contribution < -0.4 is 10.7 Å². The fraction of sp³-hybridized carbons (Fsp3) is 0.480. The summed E-state index contributed by atoms with van der Waals surface area (Å²) in [6.45, 7) is 16.3. The number of H-pyrrole nitrogens is 2. The van der Waals surface area contributed by atoms with Gasteiger partial charge in [0.25, 0.3) is 0 Å². The first-order chi connectivity index (χ1) is 14.4. The van der Waals surface area contributed by atoms with Crippen molar-refractivity contribution in [2.75, 3.05) is 6.61 Å². The van der Waals surface area contributed by atoms with Crippen LogP contribution in [0.5, 0.6) is 0 Å². The number of carbonyl (C=O) groups excluding carboxylic acids is 1. The van der Waals surface area contributed by atoms with Gasteiger partial charge in [-0.2, -0.15) is 5.26 Å². The van der Waals surface area contributed by atoms with Gasteiger partial charge < -0.3 is 14.7 Å². The maximum Gasteiger partial charge on any atom is 0.355 e. The molecule has 6 heteroatoms. The van der Waals surface area contributed by atoms with E-state index in [9.17, 15) is 10.1 Å². The third kappa shape index (κ3) is 3.85. The maximum atomic E-state index is 12.2. The van der Waals surface area contributed by atoms with Crippen molar-refractivity contribution < 1.29 is 9.53 Å². The summed E-state index contributed by atoms with van der Waals surface area (Å²) in [5, 5.41) is 11.6. The molecule has 1 aliphatic heterocycles. The number of ether oxygens (including phenoxy) is 1. The summed E-state index contributed by atoms with van der Waals surface area (Å²) in [6, 6.07) is 2.38. The van der Waals surface area contributed by atoms with Crippen LogP contribution in [0, 0.1) is 44.4 Å². The van der Waals surface area contributed by atoms with Crippen LogP contribution in [0.3, 0.4) is 0 Å². The van der Waals surface area contributed by atoms with Gasteiger partial charge in [0, 0.05) is 27.5 Å². The van der Waals surface area contributed by atoms with Crippen LogP contribution in [0.25, 0.3) is 12.2 Å². The first-order valence-corrected chi connectivity index (χ1v) is 10.7. The highest BCUT2D eigenvalue weighted by atomic mass is 16.5. The van der Waals surface area contributed by atoms with E-state index in [1.165, 1.54) is 0 Å². The molecule has 0 saturated carbocycles. The molecule has 0 unspecified atom stereocenters. The van der Waals surface area contributed by atoms with E-state index in [4.69, 9.17) is 9.73 Å². The van der Waals surface area contributed by atoms with Crippen LogP contribution in [0.2, 0.25) is 0 Å². The second kappa shape index (κ2) is 7.88. The van der Waals surface area contributed by atoms with Crippen LogP contribution >= 0.6 is 0 Å². The molecule has 164 valence electrons. The molecule has 0 amide bonds. The van der Waals surface area contributed by atoms with Gasteiger partial charge in [-0.3, -0.25) is 4.99 Å². The molecule has 1 atom stereocenters. The molecule has 0 radical (unpaired) electrons. The monoisotopic (exact) mass is 420 g/mol. The van der Waals surface area contributed by atoms with Crippen molar-refractivity contribution in [3.63, 3.8) is 0 Å². The van der Waals surface area contributed by atoms with Gasteiger partial charge in [0.2, 0.25) is 0 Å². The quantitative estimate of drug-likeness (QED) is 0.741. The SMILES string of the molecule is CCOC(=O)c1[nH]c(/C=c2/[nH]/c(=C/C3=N[C@@](C)(C#N)C(C)(C)C3)c(C)c2C)c(C)c1C. The molecule has 0 spiro atoms. The van der Waals surface area contributed by atoms with Crippen molar-refractivity contribution in [1.29, 1.82) is 5.26 Å². The second-order valence-electron chi connectivity index (χ2n) is 9.22. The molecule has 2 aromatic heterocycles. The van der Waals surface area contributed by atoms with Gasteiger partial charge >= 0.3 is 5.97 Å². The number of hydrogen-bond acceptors (Lipinski definition) is 4. The molecule has 0 aliphatic carbocycles. The summed E-state index contributed by atoms with van der Waals surface area (Å²) >= 11 is 0. The van der Waals surface area contributed by atoms with Crippen molar-refractivity contribution in [2.45, 2.75) is 67.3 Å². The summed E-state index contributed by atoms with van der Waals surface area (Å²) in [7, 11) is 0. The average molecular weight is 421 g/mol. The van der Waals surface area contributed by atoms with Crippen LogP contribution in [-0.4, -0.2) is 33.8 Å². The molecule has 0 fully saturated rings. The number of carbonyl (C=O) groups is 1. The van der Waals surface area contributed by atoms with E-state index in [0.29, 0.717) is 12.3 Å². The van der Waals surface area contributed by atoms with Crippen LogP contribution in [0.15, 0.2) is 4.99 Å². The first kappa shape index (κ1) is 22.6. The van der Waals surface area contributed by atoms with Gasteiger partial charge in [0.15, 0.2) is 0 Å². The van der Waals surface area contributed by atoms with Crippen molar-refractivity contribution >= 4 is 23.8 Å². The molecule has 0 saturated heterocycles. The minimum atomic E-state index is -0.717. The molecule has 0 bridgehead atoms. The Labute approximate surface area is 183 Å². The summed E-state index contributed by atoms with van der Waals surface area (Å²) in [6.07, 6.45) is 4.84. The fourth-order valence-corrected chi connectivity index (χ4v) is 3.96. The predicted molar refractivity (Wildman–Crippen MR) is 124 cm³/mol. The number of esters is 1. The van der Waals surface area contributed by atoms with Gasteiger partial charge in [-0.05, 0) is 82.4 Å². The van der Waals surface area contributed by atoms with E-state index in [2.05, 4.69) is 49.8 Å². The highest BCUT2D eigenvalue weighted by Crippen LogP contribution is 2.42. The Morgan fingerprint density at radius 1 is 1.06 bits per heavy atom. The highest BCUT2D eigenvalue weighted by Gasteiger charge is 2.46.